The van der Waals surface area contributed by atoms with Crippen molar-refractivity contribution < 1.29 is 9.53 Å². The molecular weight excluding hydrogens is 372 g/mol. The van der Waals surface area contributed by atoms with Crippen molar-refractivity contribution in [2.24, 2.45) is 5.10 Å². The average molecular weight is 390 g/mol. The van der Waals surface area contributed by atoms with Crippen LogP contribution in [0.5, 0.6) is 5.75 Å². The number of hydrogen-bond acceptors (Lipinski definition) is 5. The van der Waals surface area contributed by atoms with Gasteiger partial charge in [-0.3, -0.25) is 9.89 Å². The molecule has 28 heavy (non-hydrogen) atoms. The molecule has 0 bridgehead atoms. The van der Waals surface area contributed by atoms with Gasteiger partial charge in [0.05, 0.1) is 24.6 Å². The second kappa shape index (κ2) is 7.66. The smallest absolute Gasteiger partial charge is 0.289 e. The van der Waals surface area contributed by atoms with Crippen LogP contribution in [0.2, 0.25) is 0 Å². The third kappa shape index (κ3) is 3.39. The molecule has 0 spiro atoms. The van der Waals surface area contributed by atoms with Gasteiger partial charge >= 0.3 is 0 Å². The molecule has 6 nitrogen and oxygen atoms in total. The Morgan fingerprint density at radius 1 is 1.25 bits per heavy atom. The molecule has 0 atom stereocenters. The fraction of sp³-hybridized carbons (Fsp3) is 0.0952. The van der Waals surface area contributed by atoms with Crippen molar-refractivity contribution in [1.82, 2.24) is 15.6 Å². The third-order valence-corrected chi connectivity index (χ3v) is 5.39. The topological polar surface area (TPSA) is 79.4 Å². The van der Waals surface area contributed by atoms with Gasteiger partial charge in [-0.05, 0) is 46.8 Å². The van der Waals surface area contributed by atoms with Crippen LogP contribution in [0.25, 0.3) is 22.0 Å². The van der Waals surface area contributed by atoms with Gasteiger partial charge in [-0.1, -0.05) is 30.3 Å². The molecule has 0 unspecified atom stereocenters. The summed E-state index contributed by atoms with van der Waals surface area (Å²) in [6, 6.07) is 15.6. The zero-order valence-electron chi connectivity index (χ0n) is 15.4. The van der Waals surface area contributed by atoms with E-state index < -0.39 is 0 Å². The van der Waals surface area contributed by atoms with E-state index in [1.54, 1.807) is 30.7 Å². The number of nitrogens with zero attached hydrogens (tertiary/aromatic N) is 2. The number of carbonyl (C=O) groups is 1. The first-order valence-corrected chi connectivity index (χ1v) is 9.54. The van der Waals surface area contributed by atoms with Gasteiger partial charge in [0.2, 0.25) is 0 Å². The summed E-state index contributed by atoms with van der Waals surface area (Å²) in [7, 11) is 1.62. The fourth-order valence-electron chi connectivity index (χ4n) is 2.98. The van der Waals surface area contributed by atoms with E-state index in [4.69, 9.17) is 4.74 Å². The molecule has 0 aliphatic heterocycles. The number of nitrogens with one attached hydrogen (secondary N) is 2. The zero-order valence-corrected chi connectivity index (χ0v) is 16.2. The normalized spacial score (nSPS) is 11.2. The number of carbonyl (C=O) groups excluding carboxylic acids is 1. The van der Waals surface area contributed by atoms with Crippen molar-refractivity contribution in [2.45, 2.75) is 6.92 Å². The van der Waals surface area contributed by atoms with E-state index in [1.165, 1.54) is 0 Å². The molecule has 0 radical (unpaired) electrons. The Morgan fingerprint density at radius 2 is 2.11 bits per heavy atom. The van der Waals surface area contributed by atoms with Gasteiger partial charge in [0.25, 0.3) is 5.91 Å². The predicted molar refractivity (Wildman–Crippen MR) is 112 cm³/mol. The van der Waals surface area contributed by atoms with Crippen molar-refractivity contribution in [3.8, 4) is 17.0 Å². The van der Waals surface area contributed by atoms with Crippen LogP contribution in [0, 0.1) is 6.92 Å². The highest BCUT2D eigenvalue weighted by Gasteiger charge is 2.16. The number of benzene rings is 2. The first-order chi connectivity index (χ1) is 13.7. The van der Waals surface area contributed by atoms with Crippen molar-refractivity contribution >= 4 is 34.2 Å². The minimum absolute atomic E-state index is 0.324. The Hall–Kier alpha value is -3.45. The van der Waals surface area contributed by atoms with Gasteiger partial charge in [-0.2, -0.15) is 10.2 Å². The monoisotopic (exact) mass is 390 g/mol. The maximum atomic E-state index is 12.4. The summed E-state index contributed by atoms with van der Waals surface area (Å²) in [5.41, 5.74) is 5.45. The largest absolute Gasteiger partial charge is 0.496 e. The van der Waals surface area contributed by atoms with Gasteiger partial charge in [0, 0.05) is 4.88 Å². The summed E-state index contributed by atoms with van der Waals surface area (Å²) in [5, 5.41) is 15.2. The number of aromatic nitrogens is 2. The Balaban J connectivity index is 1.61. The number of methoxy groups -OCH3 is 1. The maximum Gasteiger partial charge on any atom is 0.289 e. The maximum absolute atomic E-state index is 12.4. The summed E-state index contributed by atoms with van der Waals surface area (Å²) < 4.78 is 5.52. The number of rotatable bonds is 5. The number of hydrazone groups is 1. The molecular formula is C21H18N4O2S. The van der Waals surface area contributed by atoms with E-state index in [9.17, 15) is 4.79 Å². The van der Waals surface area contributed by atoms with Crippen LogP contribution in [0.1, 0.15) is 20.9 Å². The van der Waals surface area contributed by atoms with Gasteiger partial charge in [0.1, 0.15) is 11.4 Å². The molecule has 140 valence electrons. The molecule has 0 fully saturated rings. The van der Waals surface area contributed by atoms with Crippen LogP contribution in [-0.4, -0.2) is 29.4 Å². The number of fused-ring (bicyclic) bond motifs is 1. The summed E-state index contributed by atoms with van der Waals surface area (Å²) in [6.45, 7) is 2.00. The standard InChI is InChI=1S/C21H18N4O2S/c1-13-9-10-28-19(13)12-22-25-21(26)17-11-16(23-24-17)20-15-6-4-3-5-14(15)7-8-18(20)27-2/h3-12H,1-2H3,(H,23,24)(H,25,26)/b22-12-. The fourth-order valence-corrected chi connectivity index (χ4v) is 3.76. The molecule has 4 rings (SSSR count). The van der Waals surface area contributed by atoms with E-state index in [0.29, 0.717) is 17.1 Å². The lowest BCUT2D eigenvalue weighted by Gasteiger charge is -2.09. The average Bonchev–Trinajstić information content (AvgIpc) is 3.36. The van der Waals surface area contributed by atoms with Crippen molar-refractivity contribution in [1.29, 1.82) is 0 Å². The number of aromatic amines is 1. The number of amides is 1. The molecule has 2 aromatic heterocycles. The van der Waals surface area contributed by atoms with Crippen LogP contribution in [0.4, 0.5) is 0 Å². The number of thiophene rings is 1. The SMILES string of the molecule is COc1ccc2ccccc2c1-c1cc(C(=O)N/N=C\c2sccc2C)[nH]n1. The highest BCUT2D eigenvalue weighted by molar-refractivity contribution is 7.11. The molecule has 7 heteroatoms. The third-order valence-electron chi connectivity index (χ3n) is 4.44. The minimum atomic E-state index is -0.358. The molecule has 2 aromatic carbocycles. The lowest BCUT2D eigenvalue weighted by atomic mass is 10.0. The van der Waals surface area contributed by atoms with Gasteiger partial charge in [-0.15, -0.1) is 11.3 Å². The highest BCUT2D eigenvalue weighted by Crippen LogP contribution is 2.36. The first-order valence-electron chi connectivity index (χ1n) is 8.66. The summed E-state index contributed by atoms with van der Waals surface area (Å²) >= 11 is 1.57. The van der Waals surface area contributed by atoms with Crippen LogP contribution >= 0.6 is 11.3 Å². The Bertz CT molecular complexity index is 1180. The number of aryl methyl sites for hydroxylation is 1. The molecule has 0 saturated carbocycles. The second-order valence-corrected chi connectivity index (χ2v) is 7.15. The summed E-state index contributed by atoms with van der Waals surface area (Å²) in [4.78, 5) is 13.4. The Kier molecular flexibility index (Phi) is 4.90. The van der Waals surface area contributed by atoms with Crippen LogP contribution in [0.3, 0.4) is 0 Å². The molecule has 4 aromatic rings. The van der Waals surface area contributed by atoms with E-state index in [0.717, 1.165) is 26.8 Å². The van der Waals surface area contributed by atoms with Crippen LogP contribution in [-0.2, 0) is 0 Å². The highest BCUT2D eigenvalue weighted by atomic mass is 32.1. The quantitative estimate of drug-likeness (QED) is 0.392. The van der Waals surface area contributed by atoms with Gasteiger partial charge in [0.15, 0.2) is 0 Å². The Morgan fingerprint density at radius 3 is 2.89 bits per heavy atom. The lowest BCUT2D eigenvalue weighted by Crippen LogP contribution is -2.17. The van der Waals surface area contributed by atoms with E-state index in [1.807, 2.05) is 54.8 Å². The molecule has 1 amide bonds. The molecule has 0 aliphatic carbocycles. The van der Waals surface area contributed by atoms with E-state index in [-0.39, 0.29) is 5.91 Å². The predicted octanol–water partition coefficient (Wildman–Crippen LogP) is 4.37. The number of H-pyrrole nitrogens is 1. The number of ether oxygens (including phenoxy) is 1. The molecule has 0 saturated heterocycles. The second-order valence-electron chi connectivity index (χ2n) is 6.20. The molecule has 2 N–H and O–H groups in total. The Labute approximate surface area is 165 Å². The van der Waals surface area contributed by atoms with Crippen LogP contribution in [0.15, 0.2) is 59.0 Å². The lowest BCUT2D eigenvalue weighted by molar-refractivity contribution is 0.0950. The summed E-state index contributed by atoms with van der Waals surface area (Å²) in [6.07, 6.45) is 1.64. The van der Waals surface area contributed by atoms with E-state index in [2.05, 4.69) is 20.7 Å². The van der Waals surface area contributed by atoms with Crippen molar-refractivity contribution in [2.75, 3.05) is 7.11 Å². The zero-order chi connectivity index (χ0) is 19.5. The first kappa shape index (κ1) is 17.9. The van der Waals surface area contributed by atoms with Crippen molar-refractivity contribution in [3.63, 3.8) is 0 Å². The van der Waals surface area contributed by atoms with Crippen LogP contribution < -0.4 is 10.2 Å². The van der Waals surface area contributed by atoms with Crippen molar-refractivity contribution in [3.05, 3.63) is 70.0 Å². The van der Waals surface area contributed by atoms with E-state index >= 15 is 0 Å². The molecule has 2 heterocycles. The van der Waals surface area contributed by atoms with Gasteiger partial charge < -0.3 is 4.74 Å². The number of hydrogen-bond donors (Lipinski definition) is 2. The minimum Gasteiger partial charge on any atom is -0.496 e. The van der Waals surface area contributed by atoms with Gasteiger partial charge in [-0.25, -0.2) is 5.43 Å². The molecule has 0 aliphatic rings. The summed E-state index contributed by atoms with van der Waals surface area (Å²) in [5.74, 6) is 0.340.